The van der Waals surface area contributed by atoms with Gasteiger partial charge in [-0.15, -0.1) is 0 Å². The number of sulfonamides is 1. The Hall–Kier alpha value is -2.29. The Morgan fingerprint density at radius 2 is 1.69 bits per heavy atom. The van der Waals surface area contributed by atoms with Crippen LogP contribution in [0.25, 0.3) is 0 Å². The van der Waals surface area contributed by atoms with E-state index in [9.17, 15) is 8.42 Å². The van der Waals surface area contributed by atoms with Gasteiger partial charge in [0.15, 0.2) is 11.5 Å². The number of ether oxygens (including phenoxy) is 2. The molecule has 0 N–H and O–H groups in total. The first kappa shape index (κ1) is 20.0. The first-order valence-corrected chi connectivity index (χ1v) is 11.3. The molecule has 6 nitrogen and oxygen atoms in total. The average Bonchev–Trinajstić information content (AvgIpc) is 3.21. The molecule has 1 aromatic heterocycles. The van der Waals surface area contributed by atoms with Crippen molar-refractivity contribution in [2.24, 2.45) is 0 Å². The summed E-state index contributed by atoms with van der Waals surface area (Å²) in [7, 11) is -0.557. The predicted molar refractivity (Wildman–Crippen MR) is 114 cm³/mol. The largest absolute Gasteiger partial charge is 0.493 e. The number of rotatable bonds is 5. The molecule has 0 unspecified atom stereocenters. The second-order valence-electron chi connectivity index (χ2n) is 6.71. The summed E-state index contributed by atoms with van der Waals surface area (Å²) in [6.07, 6.45) is 1.98. The van der Waals surface area contributed by atoms with E-state index >= 15 is 0 Å². The third kappa shape index (κ3) is 3.56. The SMILES string of the molecule is COc1ccc([C@H]2c3cccn3CCN2S(=O)(=O)c2ccc(Br)cc2)cc1OC. The number of halogens is 1. The van der Waals surface area contributed by atoms with Gasteiger partial charge in [-0.25, -0.2) is 8.42 Å². The van der Waals surface area contributed by atoms with Crippen LogP contribution in [-0.2, 0) is 16.6 Å². The lowest BCUT2D eigenvalue weighted by Gasteiger charge is -2.36. The number of benzene rings is 2. The predicted octanol–water partition coefficient (Wildman–Crippen LogP) is 4.06. The van der Waals surface area contributed by atoms with Crippen molar-refractivity contribution < 1.29 is 17.9 Å². The van der Waals surface area contributed by atoms with E-state index in [-0.39, 0.29) is 4.90 Å². The van der Waals surface area contributed by atoms with Crippen LogP contribution < -0.4 is 9.47 Å². The fourth-order valence-corrected chi connectivity index (χ4v) is 5.57. The zero-order valence-electron chi connectivity index (χ0n) is 16.1. The zero-order chi connectivity index (χ0) is 20.6. The van der Waals surface area contributed by atoms with Crippen molar-refractivity contribution in [1.29, 1.82) is 0 Å². The van der Waals surface area contributed by atoms with Gasteiger partial charge in [-0.1, -0.05) is 22.0 Å². The number of aromatic nitrogens is 1. The van der Waals surface area contributed by atoms with Crippen molar-refractivity contribution in [2.45, 2.75) is 17.5 Å². The average molecular weight is 477 g/mol. The fraction of sp³-hybridized carbons (Fsp3) is 0.238. The summed E-state index contributed by atoms with van der Waals surface area (Å²) in [5, 5.41) is 0. The van der Waals surface area contributed by atoms with Crippen LogP contribution in [0.4, 0.5) is 0 Å². The molecule has 4 rings (SSSR count). The van der Waals surface area contributed by atoms with Gasteiger partial charge in [0.2, 0.25) is 10.0 Å². The van der Waals surface area contributed by atoms with E-state index in [1.165, 1.54) is 0 Å². The molecule has 0 fully saturated rings. The molecule has 2 aromatic carbocycles. The first-order valence-electron chi connectivity index (χ1n) is 9.10. The number of hydrogen-bond donors (Lipinski definition) is 0. The molecule has 0 saturated carbocycles. The Balaban J connectivity index is 1.85. The number of methoxy groups -OCH3 is 2. The quantitative estimate of drug-likeness (QED) is 0.556. The number of fused-ring (bicyclic) bond motifs is 1. The number of nitrogens with zero attached hydrogens (tertiary/aromatic N) is 2. The normalized spacial score (nSPS) is 17.0. The summed E-state index contributed by atoms with van der Waals surface area (Å²) in [6, 6.07) is 15.7. The minimum atomic E-state index is -3.70. The molecule has 0 aliphatic carbocycles. The topological polar surface area (TPSA) is 60.8 Å². The highest BCUT2D eigenvalue weighted by Crippen LogP contribution is 2.39. The van der Waals surface area contributed by atoms with Gasteiger partial charge in [0.1, 0.15) is 0 Å². The van der Waals surface area contributed by atoms with Crippen molar-refractivity contribution in [3.8, 4) is 11.5 Å². The van der Waals surface area contributed by atoms with Crippen molar-refractivity contribution in [3.63, 3.8) is 0 Å². The number of hydrogen-bond acceptors (Lipinski definition) is 4. The highest BCUT2D eigenvalue weighted by molar-refractivity contribution is 9.10. The smallest absolute Gasteiger partial charge is 0.244 e. The van der Waals surface area contributed by atoms with Gasteiger partial charge >= 0.3 is 0 Å². The molecule has 1 aliphatic heterocycles. The van der Waals surface area contributed by atoms with E-state index in [1.54, 1.807) is 48.9 Å². The molecular weight excluding hydrogens is 456 g/mol. The molecule has 0 spiro atoms. The van der Waals surface area contributed by atoms with Crippen molar-refractivity contribution in [2.75, 3.05) is 20.8 Å². The minimum Gasteiger partial charge on any atom is -0.493 e. The molecule has 29 heavy (non-hydrogen) atoms. The van der Waals surface area contributed by atoms with Crippen LogP contribution in [0, 0.1) is 0 Å². The molecule has 1 aliphatic rings. The lowest BCUT2D eigenvalue weighted by Crippen LogP contribution is -2.42. The molecule has 1 atom stereocenters. The molecule has 152 valence electrons. The van der Waals surface area contributed by atoms with Gasteiger partial charge in [0.05, 0.1) is 25.2 Å². The maximum absolute atomic E-state index is 13.5. The van der Waals surface area contributed by atoms with Crippen molar-refractivity contribution in [1.82, 2.24) is 8.87 Å². The summed E-state index contributed by atoms with van der Waals surface area (Å²) >= 11 is 3.36. The Morgan fingerprint density at radius 1 is 0.966 bits per heavy atom. The molecular formula is C21H21BrN2O4S. The molecule has 0 amide bonds. The van der Waals surface area contributed by atoms with E-state index < -0.39 is 16.1 Å². The zero-order valence-corrected chi connectivity index (χ0v) is 18.5. The van der Waals surface area contributed by atoms with Crippen LogP contribution in [0.5, 0.6) is 11.5 Å². The van der Waals surface area contributed by atoms with Crippen molar-refractivity contribution >= 4 is 26.0 Å². The third-order valence-corrected chi connectivity index (χ3v) is 7.55. The molecule has 3 aromatic rings. The second-order valence-corrected chi connectivity index (χ2v) is 9.52. The second kappa shape index (κ2) is 7.85. The van der Waals surface area contributed by atoms with E-state index in [0.29, 0.717) is 24.6 Å². The highest BCUT2D eigenvalue weighted by atomic mass is 79.9. The molecule has 8 heteroatoms. The van der Waals surface area contributed by atoms with E-state index in [4.69, 9.17) is 9.47 Å². The Morgan fingerprint density at radius 3 is 2.38 bits per heavy atom. The third-order valence-electron chi connectivity index (χ3n) is 5.14. The first-order chi connectivity index (χ1) is 14.0. The monoisotopic (exact) mass is 476 g/mol. The van der Waals surface area contributed by atoms with Gasteiger partial charge in [0, 0.05) is 29.5 Å². The van der Waals surface area contributed by atoms with Crippen molar-refractivity contribution in [3.05, 3.63) is 76.5 Å². The minimum absolute atomic E-state index is 0.270. The van der Waals surface area contributed by atoms with Crippen LogP contribution in [0.3, 0.4) is 0 Å². The Kier molecular flexibility index (Phi) is 5.42. The maximum atomic E-state index is 13.5. The Labute approximate surface area is 178 Å². The van der Waals surface area contributed by atoms with Gasteiger partial charge < -0.3 is 14.0 Å². The van der Waals surface area contributed by atoms with Crippen LogP contribution in [0.2, 0.25) is 0 Å². The van der Waals surface area contributed by atoms with Gasteiger partial charge in [0.25, 0.3) is 0 Å². The lowest BCUT2D eigenvalue weighted by molar-refractivity contribution is 0.296. The van der Waals surface area contributed by atoms with Crippen LogP contribution >= 0.6 is 15.9 Å². The summed E-state index contributed by atoms with van der Waals surface area (Å²) in [4.78, 5) is 0.270. The molecule has 0 saturated heterocycles. The van der Waals surface area contributed by atoms with Gasteiger partial charge in [-0.2, -0.15) is 4.31 Å². The van der Waals surface area contributed by atoms with Crippen LogP contribution in [-0.4, -0.2) is 38.1 Å². The lowest BCUT2D eigenvalue weighted by atomic mass is 10.0. The highest BCUT2D eigenvalue weighted by Gasteiger charge is 2.37. The maximum Gasteiger partial charge on any atom is 0.244 e. The Bertz CT molecular complexity index is 1130. The van der Waals surface area contributed by atoms with Gasteiger partial charge in [-0.05, 0) is 54.1 Å². The fourth-order valence-electron chi connectivity index (χ4n) is 3.72. The summed E-state index contributed by atoms with van der Waals surface area (Å²) < 4.78 is 42.4. The summed E-state index contributed by atoms with van der Waals surface area (Å²) in [6.45, 7) is 0.973. The van der Waals surface area contributed by atoms with Crippen LogP contribution in [0.15, 0.2) is 70.2 Å². The van der Waals surface area contributed by atoms with Gasteiger partial charge in [-0.3, -0.25) is 0 Å². The van der Waals surface area contributed by atoms with E-state index in [0.717, 1.165) is 15.7 Å². The molecule has 0 radical (unpaired) electrons. The van der Waals surface area contributed by atoms with E-state index in [2.05, 4.69) is 20.5 Å². The summed E-state index contributed by atoms with van der Waals surface area (Å²) in [5.74, 6) is 1.17. The summed E-state index contributed by atoms with van der Waals surface area (Å²) in [5.41, 5.74) is 1.74. The molecule has 2 heterocycles. The van der Waals surface area contributed by atoms with Crippen LogP contribution in [0.1, 0.15) is 17.3 Å². The molecule has 0 bridgehead atoms. The van der Waals surface area contributed by atoms with E-state index in [1.807, 2.05) is 30.5 Å². The standard InChI is InChI=1S/C21H21BrN2O4S/c1-27-19-10-5-15(14-20(19)28-2)21-18-4-3-11-23(18)12-13-24(21)29(25,26)17-8-6-16(22)7-9-17/h3-11,14,21H,12-13H2,1-2H3/t21-/m0/s1.